The normalized spacial score (nSPS) is 17.6. The molecule has 0 bridgehead atoms. The third-order valence-corrected chi connectivity index (χ3v) is 4.45. The molecular formula is C16H23ClN2O2. The largest absolute Gasteiger partial charge is 0.396 e. The first-order valence-electron chi connectivity index (χ1n) is 7.42. The topological polar surface area (TPSA) is 52.6 Å². The Bertz CT molecular complexity index is 511. The van der Waals surface area contributed by atoms with E-state index in [1.54, 1.807) is 12.1 Å². The van der Waals surface area contributed by atoms with E-state index in [-0.39, 0.29) is 17.9 Å². The number of hydrogen-bond acceptors (Lipinski definition) is 3. The number of rotatable bonds is 4. The SMILES string of the molecule is CCNc1ccc(Cl)cc1C(=O)N1CCC(C)(CO)CC1. The molecule has 2 N–H and O–H groups in total. The summed E-state index contributed by atoms with van der Waals surface area (Å²) in [6.07, 6.45) is 1.65. The fourth-order valence-corrected chi connectivity index (χ4v) is 2.79. The van der Waals surface area contributed by atoms with E-state index in [4.69, 9.17) is 11.6 Å². The number of piperidine rings is 1. The summed E-state index contributed by atoms with van der Waals surface area (Å²) in [6.45, 7) is 6.34. The van der Waals surface area contributed by atoms with Gasteiger partial charge >= 0.3 is 0 Å². The van der Waals surface area contributed by atoms with Crippen molar-refractivity contribution in [2.45, 2.75) is 26.7 Å². The lowest BCUT2D eigenvalue weighted by Crippen LogP contribution is -2.43. The third kappa shape index (κ3) is 3.69. The van der Waals surface area contributed by atoms with E-state index in [9.17, 15) is 9.90 Å². The number of halogens is 1. The molecule has 1 amide bonds. The number of carbonyl (C=O) groups excluding carboxylic acids is 1. The molecule has 0 radical (unpaired) electrons. The molecule has 0 unspecified atom stereocenters. The highest BCUT2D eigenvalue weighted by atomic mass is 35.5. The molecule has 1 aromatic carbocycles. The summed E-state index contributed by atoms with van der Waals surface area (Å²) in [6, 6.07) is 5.36. The molecule has 1 aromatic rings. The maximum absolute atomic E-state index is 12.7. The summed E-state index contributed by atoms with van der Waals surface area (Å²) in [5.74, 6) is 0.00781. The lowest BCUT2D eigenvalue weighted by Gasteiger charge is -2.38. The van der Waals surface area contributed by atoms with Gasteiger partial charge in [-0.05, 0) is 43.4 Å². The summed E-state index contributed by atoms with van der Waals surface area (Å²) in [5.41, 5.74) is 1.38. The summed E-state index contributed by atoms with van der Waals surface area (Å²) in [7, 11) is 0. The minimum Gasteiger partial charge on any atom is -0.396 e. The second kappa shape index (κ2) is 6.67. The van der Waals surface area contributed by atoms with Crippen LogP contribution in [-0.2, 0) is 0 Å². The van der Waals surface area contributed by atoms with Crippen molar-refractivity contribution in [1.82, 2.24) is 4.90 Å². The van der Waals surface area contributed by atoms with Crippen molar-refractivity contribution >= 4 is 23.2 Å². The minimum atomic E-state index is -0.0599. The monoisotopic (exact) mass is 310 g/mol. The number of aliphatic hydroxyl groups excluding tert-OH is 1. The standard InChI is InChI=1S/C16H23ClN2O2/c1-3-18-14-5-4-12(17)10-13(14)15(21)19-8-6-16(2,11-20)7-9-19/h4-5,10,18,20H,3,6-9,11H2,1-2H3. The van der Waals surface area contributed by atoms with Gasteiger partial charge in [-0.15, -0.1) is 0 Å². The second-order valence-electron chi connectivity index (χ2n) is 5.98. The maximum atomic E-state index is 12.7. The summed E-state index contributed by atoms with van der Waals surface area (Å²) >= 11 is 6.04. The van der Waals surface area contributed by atoms with Crippen LogP contribution in [0, 0.1) is 5.41 Å². The first kappa shape index (κ1) is 16.1. The molecule has 1 aliphatic rings. The Labute approximate surface area is 131 Å². The van der Waals surface area contributed by atoms with Crippen molar-refractivity contribution in [2.75, 3.05) is 31.6 Å². The van der Waals surface area contributed by atoms with Crippen LogP contribution in [0.3, 0.4) is 0 Å². The molecule has 5 heteroatoms. The minimum absolute atomic E-state index is 0.00781. The predicted molar refractivity (Wildman–Crippen MR) is 85.9 cm³/mol. The number of anilines is 1. The molecule has 0 aliphatic carbocycles. The number of nitrogens with zero attached hydrogens (tertiary/aromatic N) is 1. The van der Waals surface area contributed by atoms with Crippen molar-refractivity contribution in [3.05, 3.63) is 28.8 Å². The predicted octanol–water partition coefficient (Wildman–Crippen LogP) is 3.01. The first-order chi connectivity index (χ1) is 9.99. The Morgan fingerprint density at radius 2 is 2.10 bits per heavy atom. The number of nitrogens with one attached hydrogen (secondary N) is 1. The number of hydrogen-bond donors (Lipinski definition) is 2. The lowest BCUT2D eigenvalue weighted by atomic mass is 9.81. The van der Waals surface area contributed by atoms with Gasteiger partial charge in [0.1, 0.15) is 0 Å². The fraction of sp³-hybridized carbons (Fsp3) is 0.562. The van der Waals surface area contributed by atoms with Crippen LogP contribution in [0.2, 0.25) is 5.02 Å². The van der Waals surface area contributed by atoms with Crippen LogP contribution in [0.4, 0.5) is 5.69 Å². The van der Waals surface area contributed by atoms with Gasteiger partial charge in [-0.25, -0.2) is 0 Å². The van der Waals surface area contributed by atoms with Crippen molar-refractivity contribution in [3.8, 4) is 0 Å². The van der Waals surface area contributed by atoms with Gasteiger partial charge in [0.15, 0.2) is 0 Å². The zero-order valence-electron chi connectivity index (χ0n) is 12.7. The molecule has 1 heterocycles. The molecule has 0 saturated carbocycles. The van der Waals surface area contributed by atoms with Crippen LogP contribution in [-0.4, -0.2) is 42.2 Å². The van der Waals surface area contributed by atoms with Gasteiger partial charge in [-0.3, -0.25) is 4.79 Å². The van der Waals surface area contributed by atoms with E-state index >= 15 is 0 Å². The van der Waals surface area contributed by atoms with E-state index in [0.29, 0.717) is 23.7 Å². The van der Waals surface area contributed by atoms with E-state index in [1.807, 2.05) is 17.9 Å². The Morgan fingerprint density at radius 1 is 1.43 bits per heavy atom. The fourth-order valence-electron chi connectivity index (χ4n) is 2.62. The van der Waals surface area contributed by atoms with Crippen LogP contribution in [0.25, 0.3) is 0 Å². The zero-order chi connectivity index (χ0) is 15.5. The number of likely N-dealkylation sites (tertiary alicyclic amines) is 1. The molecule has 116 valence electrons. The van der Waals surface area contributed by atoms with Crippen LogP contribution in [0.5, 0.6) is 0 Å². The quantitative estimate of drug-likeness (QED) is 0.899. The Kier molecular flexibility index (Phi) is 5.12. The third-order valence-electron chi connectivity index (χ3n) is 4.22. The van der Waals surface area contributed by atoms with Gasteiger partial charge in [-0.1, -0.05) is 18.5 Å². The van der Waals surface area contributed by atoms with Crippen LogP contribution in [0.15, 0.2) is 18.2 Å². The molecule has 1 fully saturated rings. The number of amides is 1. The van der Waals surface area contributed by atoms with Crippen molar-refractivity contribution in [3.63, 3.8) is 0 Å². The molecule has 2 rings (SSSR count). The highest BCUT2D eigenvalue weighted by Crippen LogP contribution is 2.31. The molecular weight excluding hydrogens is 288 g/mol. The summed E-state index contributed by atoms with van der Waals surface area (Å²) in [4.78, 5) is 14.6. The Morgan fingerprint density at radius 3 is 2.67 bits per heavy atom. The molecule has 0 aromatic heterocycles. The van der Waals surface area contributed by atoms with Crippen molar-refractivity contribution < 1.29 is 9.90 Å². The highest BCUT2D eigenvalue weighted by Gasteiger charge is 2.32. The molecule has 4 nitrogen and oxygen atoms in total. The average molecular weight is 311 g/mol. The van der Waals surface area contributed by atoms with Crippen LogP contribution < -0.4 is 5.32 Å². The number of carbonyl (C=O) groups is 1. The van der Waals surface area contributed by atoms with Gasteiger partial charge in [0.05, 0.1) is 5.56 Å². The molecule has 1 aliphatic heterocycles. The number of benzene rings is 1. The lowest BCUT2D eigenvalue weighted by molar-refractivity contribution is 0.0440. The first-order valence-corrected chi connectivity index (χ1v) is 7.80. The van der Waals surface area contributed by atoms with Crippen LogP contribution >= 0.6 is 11.6 Å². The molecule has 21 heavy (non-hydrogen) atoms. The summed E-state index contributed by atoms with van der Waals surface area (Å²) < 4.78 is 0. The molecule has 1 saturated heterocycles. The van der Waals surface area contributed by atoms with E-state index < -0.39 is 0 Å². The number of aliphatic hydroxyl groups is 1. The van der Waals surface area contributed by atoms with E-state index in [0.717, 1.165) is 25.1 Å². The van der Waals surface area contributed by atoms with Gasteiger partial charge in [0.25, 0.3) is 5.91 Å². The second-order valence-corrected chi connectivity index (χ2v) is 6.42. The van der Waals surface area contributed by atoms with Gasteiger partial charge in [-0.2, -0.15) is 0 Å². The van der Waals surface area contributed by atoms with Gasteiger partial charge in [0, 0.05) is 37.0 Å². The zero-order valence-corrected chi connectivity index (χ0v) is 13.4. The summed E-state index contributed by atoms with van der Waals surface area (Å²) in [5, 5.41) is 13.2. The van der Waals surface area contributed by atoms with Gasteiger partial charge < -0.3 is 15.3 Å². The Balaban J connectivity index is 2.15. The van der Waals surface area contributed by atoms with Crippen molar-refractivity contribution in [1.29, 1.82) is 0 Å². The van der Waals surface area contributed by atoms with Gasteiger partial charge in [0.2, 0.25) is 0 Å². The molecule has 0 spiro atoms. The van der Waals surface area contributed by atoms with Crippen LogP contribution in [0.1, 0.15) is 37.0 Å². The molecule has 0 atom stereocenters. The highest BCUT2D eigenvalue weighted by molar-refractivity contribution is 6.31. The van der Waals surface area contributed by atoms with Crippen molar-refractivity contribution in [2.24, 2.45) is 5.41 Å². The maximum Gasteiger partial charge on any atom is 0.256 e. The van der Waals surface area contributed by atoms with E-state index in [2.05, 4.69) is 12.2 Å². The Hall–Kier alpha value is -1.26. The van der Waals surface area contributed by atoms with E-state index in [1.165, 1.54) is 0 Å². The smallest absolute Gasteiger partial charge is 0.256 e. The average Bonchev–Trinajstić information content (AvgIpc) is 2.49.